The van der Waals surface area contributed by atoms with E-state index in [2.05, 4.69) is 28.6 Å². The van der Waals surface area contributed by atoms with Crippen molar-refractivity contribution in [2.75, 3.05) is 0 Å². The quantitative estimate of drug-likeness (QED) is 0.224. The SMILES string of the molecule is NNC=Nc1cccc(CCc2cccc(CC(C(=O)O)c3ccccc3)c2)c1. The molecule has 5 nitrogen and oxygen atoms in total. The first-order valence-corrected chi connectivity index (χ1v) is 9.59. The average molecular weight is 387 g/mol. The normalized spacial score (nSPS) is 12.0. The molecular weight excluding hydrogens is 362 g/mol. The number of nitrogens with two attached hydrogens (primary N) is 1. The highest BCUT2D eigenvalue weighted by molar-refractivity contribution is 5.76. The summed E-state index contributed by atoms with van der Waals surface area (Å²) in [5.74, 6) is 3.87. The van der Waals surface area contributed by atoms with Crippen molar-refractivity contribution in [1.29, 1.82) is 0 Å². The van der Waals surface area contributed by atoms with E-state index in [4.69, 9.17) is 5.84 Å². The summed E-state index contributed by atoms with van der Waals surface area (Å²) in [7, 11) is 0. The van der Waals surface area contributed by atoms with Gasteiger partial charge in [-0.05, 0) is 53.6 Å². The lowest BCUT2D eigenvalue weighted by molar-refractivity contribution is -0.138. The number of benzene rings is 3. The van der Waals surface area contributed by atoms with Crippen LogP contribution in [-0.2, 0) is 24.1 Å². The van der Waals surface area contributed by atoms with E-state index < -0.39 is 11.9 Å². The van der Waals surface area contributed by atoms with Gasteiger partial charge in [0.1, 0.15) is 6.34 Å². The fraction of sp³-hybridized carbons (Fsp3) is 0.167. The van der Waals surface area contributed by atoms with Crippen molar-refractivity contribution in [3.63, 3.8) is 0 Å². The first-order valence-electron chi connectivity index (χ1n) is 9.59. The smallest absolute Gasteiger partial charge is 0.311 e. The van der Waals surface area contributed by atoms with Gasteiger partial charge in [-0.15, -0.1) is 0 Å². The molecule has 1 unspecified atom stereocenters. The molecule has 0 fully saturated rings. The summed E-state index contributed by atoms with van der Waals surface area (Å²) in [5, 5.41) is 9.67. The van der Waals surface area contributed by atoms with Crippen LogP contribution in [0, 0.1) is 0 Å². The molecule has 3 aromatic rings. The minimum atomic E-state index is -0.800. The van der Waals surface area contributed by atoms with E-state index in [1.165, 1.54) is 17.5 Å². The van der Waals surface area contributed by atoms with Crippen LogP contribution in [0.3, 0.4) is 0 Å². The number of rotatable bonds is 9. The number of carboxylic acid groups (broad SMARTS) is 1. The van der Waals surface area contributed by atoms with Crippen molar-refractivity contribution in [3.8, 4) is 0 Å². The van der Waals surface area contributed by atoms with E-state index in [0.717, 1.165) is 29.7 Å². The number of aryl methyl sites for hydroxylation is 2. The van der Waals surface area contributed by atoms with Crippen LogP contribution in [0.1, 0.15) is 28.2 Å². The molecule has 1 atom stereocenters. The van der Waals surface area contributed by atoms with E-state index in [1.807, 2.05) is 60.7 Å². The second kappa shape index (κ2) is 10.2. The fourth-order valence-electron chi connectivity index (χ4n) is 3.37. The first-order chi connectivity index (χ1) is 14.2. The minimum absolute atomic E-state index is 0.476. The summed E-state index contributed by atoms with van der Waals surface area (Å²) < 4.78 is 0. The molecule has 0 amide bonds. The summed E-state index contributed by atoms with van der Waals surface area (Å²) in [6.07, 6.45) is 3.68. The number of carbonyl (C=O) groups is 1. The standard InChI is InChI=1S/C24H25N3O2/c25-27-17-26-22-11-5-7-19(15-22)13-12-18-6-4-8-20(14-18)16-23(24(28)29)21-9-2-1-3-10-21/h1-11,14-15,17,23H,12-13,16,25H2,(H,26,27)(H,28,29). The highest BCUT2D eigenvalue weighted by Gasteiger charge is 2.20. The Morgan fingerprint density at radius 2 is 1.59 bits per heavy atom. The molecule has 0 spiro atoms. The van der Waals surface area contributed by atoms with Gasteiger partial charge in [-0.25, -0.2) is 10.8 Å². The van der Waals surface area contributed by atoms with Crippen molar-refractivity contribution >= 4 is 18.0 Å². The number of hydrogen-bond donors (Lipinski definition) is 3. The highest BCUT2D eigenvalue weighted by Crippen LogP contribution is 2.22. The number of hydrazine groups is 1. The third-order valence-electron chi connectivity index (χ3n) is 4.83. The number of hydrogen-bond acceptors (Lipinski definition) is 3. The lowest BCUT2D eigenvalue weighted by Gasteiger charge is -2.14. The zero-order valence-corrected chi connectivity index (χ0v) is 16.2. The van der Waals surface area contributed by atoms with Gasteiger partial charge in [0.15, 0.2) is 0 Å². The van der Waals surface area contributed by atoms with Crippen molar-refractivity contribution in [1.82, 2.24) is 5.43 Å². The van der Waals surface area contributed by atoms with E-state index in [0.29, 0.717) is 6.42 Å². The monoisotopic (exact) mass is 387 g/mol. The van der Waals surface area contributed by atoms with Crippen LogP contribution >= 0.6 is 0 Å². The zero-order chi connectivity index (χ0) is 20.5. The average Bonchev–Trinajstić information content (AvgIpc) is 2.75. The molecule has 0 aliphatic carbocycles. The zero-order valence-electron chi connectivity index (χ0n) is 16.2. The maximum absolute atomic E-state index is 11.8. The van der Waals surface area contributed by atoms with Crippen LogP contribution in [0.2, 0.25) is 0 Å². The lowest BCUT2D eigenvalue weighted by atomic mass is 9.91. The summed E-state index contributed by atoms with van der Waals surface area (Å²) in [4.78, 5) is 16.0. The highest BCUT2D eigenvalue weighted by atomic mass is 16.4. The van der Waals surface area contributed by atoms with Crippen molar-refractivity contribution < 1.29 is 9.90 Å². The Labute approximate surface area is 170 Å². The molecule has 0 radical (unpaired) electrons. The third kappa shape index (κ3) is 6.02. The Morgan fingerprint density at radius 1 is 0.931 bits per heavy atom. The Balaban J connectivity index is 1.68. The Kier molecular flexibility index (Phi) is 7.14. The van der Waals surface area contributed by atoms with E-state index >= 15 is 0 Å². The van der Waals surface area contributed by atoms with Crippen LogP contribution in [0.4, 0.5) is 5.69 Å². The second-order valence-electron chi connectivity index (χ2n) is 6.92. The van der Waals surface area contributed by atoms with Gasteiger partial charge < -0.3 is 10.5 Å². The lowest BCUT2D eigenvalue weighted by Crippen LogP contribution is -2.18. The molecule has 0 aliphatic heterocycles. The molecule has 5 heteroatoms. The van der Waals surface area contributed by atoms with Crippen LogP contribution in [0.25, 0.3) is 0 Å². The Hall–Kier alpha value is -3.44. The fourth-order valence-corrected chi connectivity index (χ4v) is 3.37. The summed E-state index contributed by atoms with van der Waals surface area (Å²) >= 11 is 0. The Morgan fingerprint density at radius 3 is 2.28 bits per heavy atom. The van der Waals surface area contributed by atoms with Gasteiger partial charge in [0, 0.05) is 0 Å². The topological polar surface area (TPSA) is 87.7 Å². The van der Waals surface area contributed by atoms with Gasteiger partial charge in [0.25, 0.3) is 0 Å². The summed E-state index contributed by atoms with van der Waals surface area (Å²) in [5.41, 5.74) is 7.49. The molecular formula is C24H25N3O2. The van der Waals surface area contributed by atoms with Crippen LogP contribution in [-0.4, -0.2) is 17.4 Å². The van der Waals surface area contributed by atoms with Gasteiger partial charge in [0.2, 0.25) is 0 Å². The Bertz CT molecular complexity index is 971. The summed E-state index contributed by atoms with van der Waals surface area (Å²) in [6.45, 7) is 0. The largest absolute Gasteiger partial charge is 0.481 e. The molecule has 0 aliphatic rings. The number of aliphatic carboxylic acids is 1. The maximum Gasteiger partial charge on any atom is 0.311 e. The molecule has 29 heavy (non-hydrogen) atoms. The molecule has 0 bridgehead atoms. The van der Waals surface area contributed by atoms with Gasteiger partial charge in [-0.3, -0.25) is 4.79 Å². The molecule has 3 rings (SSSR count). The summed E-state index contributed by atoms with van der Waals surface area (Å²) in [6, 6.07) is 25.6. The van der Waals surface area contributed by atoms with Gasteiger partial charge >= 0.3 is 5.97 Å². The second-order valence-corrected chi connectivity index (χ2v) is 6.92. The van der Waals surface area contributed by atoms with Crippen LogP contribution in [0.5, 0.6) is 0 Å². The van der Waals surface area contributed by atoms with Crippen LogP contribution < -0.4 is 11.3 Å². The van der Waals surface area contributed by atoms with E-state index in [-0.39, 0.29) is 0 Å². The molecule has 0 saturated heterocycles. The molecule has 0 heterocycles. The van der Waals surface area contributed by atoms with Crippen LogP contribution in [0.15, 0.2) is 83.9 Å². The molecule has 3 aromatic carbocycles. The number of nitrogens with zero attached hydrogens (tertiary/aromatic N) is 1. The predicted octanol–water partition coefficient (Wildman–Crippen LogP) is 4.01. The van der Waals surface area contributed by atoms with Crippen molar-refractivity contribution in [3.05, 3.63) is 101 Å². The van der Waals surface area contributed by atoms with Crippen molar-refractivity contribution in [2.24, 2.45) is 10.8 Å². The molecule has 4 N–H and O–H groups in total. The van der Waals surface area contributed by atoms with E-state index in [9.17, 15) is 9.90 Å². The molecule has 148 valence electrons. The van der Waals surface area contributed by atoms with Crippen molar-refractivity contribution in [2.45, 2.75) is 25.2 Å². The van der Waals surface area contributed by atoms with Gasteiger partial charge in [-0.1, -0.05) is 66.7 Å². The predicted molar refractivity (Wildman–Crippen MR) is 116 cm³/mol. The molecule has 0 aromatic heterocycles. The number of nitrogens with one attached hydrogen (secondary N) is 1. The number of aliphatic imine (C=N–C) groups is 1. The minimum Gasteiger partial charge on any atom is -0.481 e. The third-order valence-corrected chi connectivity index (χ3v) is 4.83. The maximum atomic E-state index is 11.8. The van der Waals surface area contributed by atoms with E-state index in [1.54, 1.807) is 0 Å². The first kappa shape index (κ1) is 20.3. The van der Waals surface area contributed by atoms with Gasteiger partial charge in [0.05, 0.1) is 11.6 Å². The molecule has 0 saturated carbocycles. The number of carboxylic acids is 1. The van der Waals surface area contributed by atoms with Gasteiger partial charge in [-0.2, -0.15) is 0 Å².